The maximum Gasteiger partial charge on any atom is 0.417 e. The molecule has 0 aliphatic carbocycles. The van der Waals surface area contributed by atoms with Gasteiger partial charge in [0.25, 0.3) is 0 Å². The van der Waals surface area contributed by atoms with Crippen LogP contribution in [0.15, 0.2) is 71.3 Å². The zero-order valence-corrected chi connectivity index (χ0v) is 16.5. The quantitative estimate of drug-likeness (QED) is 0.617. The van der Waals surface area contributed by atoms with E-state index in [0.29, 0.717) is 5.75 Å². The average Bonchev–Trinajstić information content (AvgIpc) is 2.75. The van der Waals surface area contributed by atoms with Gasteiger partial charge >= 0.3 is 6.18 Å². The second-order valence-corrected chi connectivity index (χ2v) is 7.26. The number of pyridine rings is 2. The Morgan fingerprint density at radius 1 is 1.06 bits per heavy atom. The molecule has 1 saturated heterocycles. The average molecular weight is 427 g/mol. The van der Waals surface area contributed by atoms with Crippen molar-refractivity contribution in [1.29, 1.82) is 0 Å². The molecule has 1 aromatic carbocycles. The highest BCUT2D eigenvalue weighted by Gasteiger charge is 2.30. The summed E-state index contributed by atoms with van der Waals surface area (Å²) in [7, 11) is 0. The Balaban J connectivity index is 1.40. The molecular formula is C23H20F3N3O2. The van der Waals surface area contributed by atoms with E-state index in [2.05, 4.69) is 20.9 Å². The van der Waals surface area contributed by atoms with Crippen LogP contribution in [-0.2, 0) is 6.18 Å². The number of nitrogens with zero attached hydrogens (tertiary/aromatic N) is 2. The molecule has 5 nitrogen and oxygen atoms in total. The summed E-state index contributed by atoms with van der Waals surface area (Å²) in [6, 6.07) is 12.9. The summed E-state index contributed by atoms with van der Waals surface area (Å²) in [5.74, 6) is 0.610. The maximum atomic E-state index is 12.7. The van der Waals surface area contributed by atoms with E-state index >= 15 is 0 Å². The smallest absolute Gasteiger partial charge is 0.417 e. The van der Waals surface area contributed by atoms with Crippen molar-refractivity contribution < 1.29 is 17.9 Å². The number of nitrogens with one attached hydrogen (secondary N) is 1. The first-order valence-electron chi connectivity index (χ1n) is 9.81. The Bertz CT molecular complexity index is 1110. The molecule has 2 aromatic heterocycles. The van der Waals surface area contributed by atoms with E-state index in [9.17, 15) is 18.0 Å². The third kappa shape index (κ3) is 5.33. The number of ether oxygens (including phenoxy) is 1. The van der Waals surface area contributed by atoms with Crippen molar-refractivity contribution in [1.82, 2.24) is 9.97 Å². The fourth-order valence-corrected chi connectivity index (χ4v) is 3.43. The third-order valence-corrected chi connectivity index (χ3v) is 5.05. The van der Waals surface area contributed by atoms with E-state index in [0.717, 1.165) is 49.4 Å². The largest absolute Gasteiger partial charge is 0.439 e. The first-order chi connectivity index (χ1) is 14.9. The standard InChI is InChI=1S/C23H20F3N3O2/c24-23(25,26)18-4-7-22(28-14-18)31-20-3-1-2-17(13-20)12-16-8-10-29(11-9-16)19-5-6-21(30)27-15-19/h1-7,12-15H,8-11H2,(H,27,30). The van der Waals surface area contributed by atoms with Crippen LogP contribution < -0.4 is 15.2 Å². The van der Waals surface area contributed by atoms with Crippen molar-refractivity contribution in [2.45, 2.75) is 19.0 Å². The van der Waals surface area contributed by atoms with Gasteiger partial charge in [-0.15, -0.1) is 0 Å². The molecule has 1 aliphatic rings. The molecule has 3 aromatic rings. The van der Waals surface area contributed by atoms with Gasteiger partial charge in [0.2, 0.25) is 11.4 Å². The molecule has 160 valence electrons. The first kappa shape index (κ1) is 20.7. The van der Waals surface area contributed by atoms with Crippen LogP contribution in [0, 0.1) is 0 Å². The second kappa shape index (κ2) is 8.67. The monoisotopic (exact) mass is 427 g/mol. The second-order valence-electron chi connectivity index (χ2n) is 7.26. The predicted molar refractivity (Wildman–Crippen MR) is 112 cm³/mol. The van der Waals surface area contributed by atoms with E-state index < -0.39 is 11.7 Å². The molecule has 0 saturated carbocycles. The number of hydrogen-bond acceptors (Lipinski definition) is 4. The third-order valence-electron chi connectivity index (χ3n) is 5.05. The van der Waals surface area contributed by atoms with Gasteiger partial charge in [-0.2, -0.15) is 13.2 Å². The van der Waals surface area contributed by atoms with Gasteiger partial charge in [0.05, 0.1) is 11.3 Å². The van der Waals surface area contributed by atoms with Gasteiger partial charge in [0.1, 0.15) is 5.75 Å². The molecule has 4 rings (SSSR count). The summed E-state index contributed by atoms with van der Waals surface area (Å²) < 4.78 is 43.6. The van der Waals surface area contributed by atoms with Gasteiger partial charge in [0, 0.05) is 37.6 Å². The van der Waals surface area contributed by atoms with Crippen molar-refractivity contribution in [2.24, 2.45) is 0 Å². The minimum atomic E-state index is -4.43. The normalized spacial score (nSPS) is 14.4. The van der Waals surface area contributed by atoms with Crippen LogP contribution in [0.5, 0.6) is 11.6 Å². The number of alkyl halides is 3. The molecule has 0 spiro atoms. The Kier molecular flexibility index (Phi) is 5.79. The molecule has 8 heteroatoms. The molecule has 1 aliphatic heterocycles. The van der Waals surface area contributed by atoms with Crippen molar-refractivity contribution in [3.8, 4) is 11.6 Å². The maximum absolute atomic E-state index is 12.7. The lowest BCUT2D eigenvalue weighted by atomic mass is 10.0. The lowest BCUT2D eigenvalue weighted by Gasteiger charge is -2.30. The van der Waals surface area contributed by atoms with Crippen molar-refractivity contribution in [3.63, 3.8) is 0 Å². The molecular weight excluding hydrogens is 407 g/mol. The summed E-state index contributed by atoms with van der Waals surface area (Å²) in [5, 5.41) is 0. The van der Waals surface area contributed by atoms with Gasteiger partial charge in [-0.1, -0.05) is 23.8 Å². The molecule has 0 atom stereocenters. The van der Waals surface area contributed by atoms with Gasteiger partial charge in [-0.05, 0) is 42.7 Å². The number of hydrogen-bond donors (Lipinski definition) is 1. The van der Waals surface area contributed by atoms with Crippen LogP contribution in [-0.4, -0.2) is 23.1 Å². The SMILES string of the molecule is O=c1ccc(N2CCC(=Cc3cccc(Oc4ccc(C(F)(F)F)cn4)c3)CC2)c[nH]1. The number of aromatic nitrogens is 2. The predicted octanol–water partition coefficient (Wildman–Crippen LogP) is 5.26. The summed E-state index contributed by atoms with van der Waals surface area (Å²) in [4.78, 5) is 19.9. The number of anilines is 1. The topological polar surface area (TPSA) is 58.2 Å². The molecule has 0 amide bonds. The summed E-state index contributed by atoms with van der Waals surface area (Å²) in [6.45, 7) is 1.70. The fraction of sp³-hybridized carbons (Fsp3) is 0.217. The number of benzene rings is 1. The van der Waals surface area contributed by atoms with E-state index in [1.54, 1.807) is 12.3 Å². The van der Waals surface area contributed by atoms with Crippen LogP contribution in [0.1, 0.15) is 24.0 Å². The van der Waals surface area contributed by atoms with Crippen molar-refractivity contribution >= 4 is 11.8 Å². The summed E-state index contributed by atoms with van der Waals surface area (Å²) in [6.07, 6.45) is 1.96. The summed E-state index contributed by atoms with van der Waals surface area (Å²) in [5.41, 5.74) is 2.32. The number of rotatable bonds is 4. The fourth-order valence-electron chi connectivity index (χ4n) is 3.43. The number of halogens is 3. The molecule has 3 heterocycles. The van der Waals surface area contributed by atoms with Crippen molar-refractivity contribution in [2.75, 3.05) is 18.0 Å². The van der Waals surface area contributed by atoms with E-state index in [1.807, 2.05) is 24.3 Å². The van der Waals surface area contributed by atoms with Gasteiger partial charge < -0.3 is 14.6 Å². The lowest BCUT2D eigenvalue weighted by molar-refractivity contribution is -0.137. The molecule has 1 fully saturated rings. The molecule has 1 N–H and O–H groups in total. The number of H-pyrrole nitrogens is 1. The molecule has 0 radical (unpaired) electrons. The summed E-state index contributed by atoms with van der Waals surface area (Å²) >= 11 is 0. The zero-order valence-electron chi connectivity index (χ0n) is 16.5. The zero-order chi connectivity index (χ0) is 21.8. The Morgan fingerprint density at radius 2 is 1.87 bits per heavy atom. The lowest BCUT2D eigenvalue weighted by Crippen LogP contribution is -2.30. The van der Waals surface area contributed by atoms with Crippen LogP contribution in [0.2, 0.25) is 0 Å². The van der Waals surface area contributed by atoms with Crippen LogP contribution in [0.25, 0.3) is 6.08 Å². The Hall–Kier alpha value is -3.55. The Morgan fingerprint density at radius 3 is 2.52 bits per heavy atom. The van der Waals surface area contributed by atoms with E-state index in [4.69, 9.17) is 4.74 Å². The molecule has 31 heavy (non-hydrogen) atoms. The minimum Gasteiger partial charge on any atom is -0.439 e. The van der Waals surface area contributed by atoms with Crippen LogP contribution in [0.4, 0.5) is 18.9 Å². The van der Waals surface area contributed by atoms with Crippen LogP contribution in [0.3, 0.4) is 0 Å². The molecule has 0 unspecified atom stereocenters. The van der Waals surface area contributed by atoms with Gasteiger partial charge in [0.15, 0.2) is 0 Å². The molecule has 0 bridgehead atoms. The van der Waals surface area contributed by atoms with Gasteiger partial charge in [-0.3, -0.25) is 4.79 Å². The number of piperidine rings is 1. The highest BCUT2D eigenvalue weighted by atomic mass is 19.4. The minimum absolute atomic E-state index is 0.104. The number of aromatic amines is 1. The first-order valence-corrected chi connectivity index (χ1v) is 9.81. The van der Waals surface area contributed by atoms with E-state index in [1.165, 1.54) is 17.7 Å². The van der Waals surface area contributed by atoms with Gasteiger partial charge in [-0.25, -0.2) is 4.98 Å². The highest BCUT2D eigenvalue weighted by Crippen LogP contribution is 2.30. The van der Waals surface area contributed by atoms with Crippen LogP contribution >= 0.6 is 0 Å². The van der Waals surface area contributed by atoms with E-state index in [-0.39, 0.29) is 11.4 Å². The Labute approximate surface area is 176 Å². The highest BCUT2D eigenvalue weighted by molar-refractivity contribution is 5.56. The van der Waals surface area contributed by atoms with Crippen molar-refractivity contribution in [3.05, 3.63) is 88.0 Å².